The van der Waals surface area contributed by atoms with Crippen molar-refractivity contribution < 1.29 is 13.2 Å². The third kappa shape index (κ3) is 1.87. The van der Waals surface area contributed by atoms with Gasteiger partial charge in [-0.05, 0) is 37.8 Å². The van der Waals surface area contributed by atoms with Crippen LogP contribution < -0.4 is 9.62 Å². The Morgan fingerprint density at radius 2 is 2.17 bits per heavy atom. The highest BCUT2D eigenvalue weighted by molar-refractivity contribution is 7.92. The molecule has 1 N–H and O–H groups in total. The Morgan fingerprint density at radius 1 is 1.33 bits per heavy atom. The van der Waals surface area contributed by atoms with Gasteiger partial charge in [0.15, 0.2) is 0 Å². The molecule has 0 bridgehead atoms. The van der Waals surface area contributed by atoms with Gasteiger partial charge in [0, 0.05) is 41.8 Å². The van der Waals surface area contributed by atoms with E-state index in [0.29, 0.717) is 30.0 Å². The standard InChI is InChI=1S/C18H24N2O3S/c1-24(21,22)20-10-6-12-14(4-2-5-15(12)20)19-16-13-7-11-23-17(13)18(16)8-3-9-18/h2,4-5,13,16-17,19H,3,6-11H2,1H3/t13-,16+,17-/m1/s1. The summed E-state index contributed by atoms with van der Waals surface area (Å²) in [6.07, 6.45) is 7.50. The Kier molecular flexibility index (Phi) is 3.06. The fraction of sp³-hybridized carbons (Fsp3) is 0.667. The van der Waals surface area contributed by atoms with E-state index in [-0.39, 0.29) is 0 Å². The van der Waals surface area contributed by atoms with Gasteiger partial charge < -0.3 is 10.1 Å². The molecule has 2 aliphatic carbocycles. The van der Waals surface area contributed by atoms with Crippen molar-refractivity contribution in [3.8, 4) is 0 Å². The Morgan fingerprint density at radius 3 is 2.88 bits per heavy atom. The summed E-state index contributed by atoms with van der Waals surface area (Å²) in [5, 5.41) is 3.81. The molecular weight excluding hydrogens is 324 g/mol. The van der Waals surface area contributed by atoms with E-state index < -0.39 is 10.0 Å². The summed E-state index contributed by atoms with van der Waals surface area (Å²) in [4.78, 5) is 0. The lowest BCUT2D eigenvalue weighted by atomic mass is 9.46. The van der Waals surface area contributed by atoms with Crippen molar-refractivity contribution in [1.82, 2.24) is 0 Å². The van der Waals surface area contributed by atoms with Crippen LogP contribution >= 0.6 is 0 Å². The van der Waals surface area contributed by atoms with E-state index in [1.54, 1.807) is 0 Å². The molecule has 24 heavy (non-hydrogen) atoms. The molecule has 0 aromatic heterocycles. The minimum atomic E-state index is -3.20. The first-order chi connectivity index (χ1) is 11.5. The molecule has 1 saturated heterocycles. The number of nitrogens with one attached hydrogen (secondary N) is 1. The predicted molar refractivity (Wildman–Crippen MR) is 93.9 cm³/mol. The molecular formula is C18H24N2O3S. The predicted octanol–water partition coefficient (Wildman–Crippen LogP) is 2.38. The Hall–Kier alpha value is -1.27. The molecule has 6 heteroatoms. The largest absolute Gasteiger partial charge is 0.381 e. The number of fused-ring (bicyclic) bond motifs is 3. The fourth-order valence-electron chi connectivity index (χ4n) is 5.51. The van der Waals surface area contributed by atoms with E-state index in [9.17, 15) is 8.42 Å². The fourth-order valence-corrected chi connectivity index (χ4v) is 6.46. The zero-order chi connectivity index (χ0) is 16.5. The molecule has 2 aliphatic heterocycles. The molecule has 0 amide bonds. The molecule has 2 saturated carbocycles. The lowest BCUT2D eigenvalue weighted by Gasteiger charge is -2.63. The van der Waals surface area contributed by atoms with E-state index in [2.05, 4.69) is 11.4 Å². The summed E-state index contributed by atoms with van der Waals surface area (Å²) in [6, 6.07) is 6.49. The second-order valence-corrected chi connectivity index (χ2v) is 9.75. The zero-order valence-electron chi connectivity index (χ0n) is 14.0. The van der Waals surface area contributed by atoms with Crippen molar-refractivity contribution in [3.05, 3.63) is 23.8 Å². The molecule has 5 nitrogen and oxygen atoms in total. The summed E-state index contributed by atoms with van der Waals surface area (Å²) in [6.45, 7) is 1.45. The van der Waals surface area contributed by atoms with E-state index >= 15 is 0 Å². The highest BCUT2D eigenvalue weighted by atomic mass is 32.2. The molecule has 3 fully saturated rings. The average molecular weight is 348 g/mol. The lowest BCUT2D eigenvalue weighted by molar-refractivity contribution is -0.158. The van der Waals surface area contributed by atoms with Crippen LogP contribution in [0.1, 0.15) is 31.2 Å². The van der Waals surface area contributed by atoms with Crippen LogP contribution in [0.4, 0.5) is 11.4 Å². The van der Waals surface area contributed by atoms with Crippen LogP contribution in [0.5, 0.6) is 0 Å². The van der Waals surface area contributed by atoms with E-state index in [0.717, 1.165) is 36.4 Å². The van der Waals surface area contributed by atoms with Crippen LogP contribution in [0, 0.1) is 11.3 Å². The molecule has 0 unspecified atom stereocenters. The highest BCUT2D eigenvalue weighted by Crippen LogP contribution is 2.63. The molecule has 130 valence electrons. The molecule has 3 atom stereocenters. The lowest BCUT2D eigenvalue weighted by Crippen LogP contribution is -2.68. The zero-order valence-corrected chi connectivity index (χ0v) is 14.8. The van der Waals surface area contributed by atoms with Crippen molar-refractivity contribution in [2.24, 2.45) is 11.3 Å². The Labute approximate surface area is 143 Å². The van der Waals surface area contributed by atoms with Gasteiger partial charge in [0.1, 0.15) is 0 Å². The number of ether oxygens (including phenoxy) is 1. The summed E-state index contributed by atoms with van der Waals surface area (Å²) in [7, 11) is -3.20. The van der Waals surface area contributed by atoms with Gasteiger partial charge in [-0.2, -0.15) is 0 Å². The smallest absolute Gasteiger partial charge is 0.232 e. The van der Waals surface area contributed by atoms with Gasteiger partial charge >= 0.3 is 0 Å². The van der Waals surface area contributed by atoms with Crippen molar-refractivity contribution in [3.63, 3.8) is 0 Å². The topological polar surface area (TPSA) is 58.6 Å². The average Bonchev–Trinajstić information content (AvgIpc) is 3.07. The van der Waals surface area contributed by atoms with Crippen LogP contribution in [0.2, 0.25) is 0 Å². The van der Waals surface area contributed by atoms with Crippen molar-refractivity contribution in [1.29, 1.82) is 0 Å². The maximum atomic E-state index is 12.0. The van der Waals surface area contributed by atoms with Gasteiger partial charge in [-0.1, -0.05) is 12.5 Å². The van der Waals surface area contributed by atoms with Crippen LogP contribution in [0.3, 0.4) is 0 Å². The minimum absolute atomic E-state index is 0.332. The Balaban J connectivity index is 1.46. The third-order valence-electron chi connectivity index (χ3n) is 6.73. The number of nitrogens with zero attached hydrogens (tertiary/aromatic N) is 1. The van der Waals surface area contributed by atoms with Gasteiger partial charge in [-0.25, -0.2) is 8.42 Å². The van der Waals surface area contributed by atoms with Crippen molar-refractivity contribution >= 4 is 21.4 Å². The van der Waals surface area contributed by atoms with Gasteiger partial charge in [0.05, 0.1) is 18.0 Å². The van der Waals surface area contributed by atoms with Gasteiger partial charge in [0.25, 0.3) is 0 Å². The maximum Gasteiger partial charge on any atom is 0.232 e. The van der Waals surface area contributed by atoms with Crippen LogP contribution in [-0.2, 0) is 21.2 Å². The molecule has 5 rings (SSSR count). The summed E-state index contributed by atoms with van der Waals surface area (Å²) in [5.74, 6) is 0.619. The SMILES string of the molecule is CS(=O)(=O)N1CCc2c(N[C@H]3[C@H]4CCO[C@H]4C34CCC4)cccc21. The molecule has 0 radical (unpaired) electrons. The highest BCUT2D eigenvalue weighted by Gasteiger charge is 2.66. The summed E-state index contributed by atoms with van der Waals surface area (Å²) in [5.41, 5.74) is 3.46. The second-order valence-electron chi connectivity index (χ2n) is 7.84. The van der Waals surface area contributed by atoms with Gasteiger partial charge in [-0.15, -0.1) is 0 Å². The van der Waals surface area contributed by atoms with Crippen molar-refractivity contribution in [2.45, 2.75) is 44.2 Å². The number of anilines is 2. The van der Waals surface area contributed by atoms with Crippen LogP contribution in [0.15, 0.2) is 18.2 Å². The van der Waals surface area contributed by atoms with Gasteiger partial charge in [0.2, 0.25) is 10.0 Å². The summed E-state index contributed by atoms with van der Waals surface area (Å²) < 4.78 is 31.5. The third-order valence-corrected chi connectivity index (χ3v) is 7.91. The van der Waals surface area contributed by atoms with E-state index in [1.807, 2.05) is 12.1 Å². The van der Waals surface area contributed by atoms with E-state index in [4.69, 9.17) is 4.74 Å². The minimum Gasteiger partial charge on any atom is -0.381 e. The number of hydrogen-bond donors (Lipinski definition) is 1. The first-order valence-electron chi connectivity index (χ1n) is 8.98. The number of benzene rings is 1. The first-order valence-corrected chi connectivity index (χ1v) is 10.8. The Bertz CT molecular complexity index is 787. The molecule has 2 heterocycles. The number of sulfonamides is 1. The summed E-state index contributed by atoms with van der Waals surface area (Å²) >= 11 is 0. The van der Waals surface area contributed by atoms with Crippen LogP contribution in [-0.4, -0.2) is 40.0 Å². The maximum absolute atomic E-state index is 12.0. The van der Waals surface area contributed by atoms with Gasteiger partial charge in [-0.3, -0.25) is 4.31 Å². The number of hydrogen-bond acceptors (Lipinski definition) is 4. The van der Waals surface area contributed by atoms with Crippen molar-refractivity contribution in [2.75, 3.05) is 29.0 Å². The van der Waals surface area contributed by atoms with E-state index in [1.165, 1.54) is 29.8 Å². The molecule has 4 aliphatic rings. The first kappa shape index (κ1) is 15.0. The molecule has 1 aromatic rings. The monoisotopic (exact) mass is 348 g/mol. The van der Waals surface area contributed by atoms with Crippen LogP contribution in [0.25, 0.3) is 0 Å². The molecule has 1 aromatic carbocycles. The molecule has 1 spiro atoms. The number of rotatable bonds is 3. The normalized spacial score (nSPS) is 32.9. The second kappa shape index (κ2) is 4.88. The quantitative estimate of drug-likeness (QED) is 0.911.